The molecular formula is C13H18O4. The molecule has 17 heavy (non-hydrogen) atoms. The zero-order valence-corrected chi connectivity index (χ0v) is 10.3. The highest BCUT2D eigenvalue weighted by molar-refractivity contribution is 6.02. The van der Waals surface area contributed by atoms with Gasteiger partial charge in [-0.2, -0.15) is 0 Å². The molecule has 1 saturated carbocycles. The van der Waals surface area contributed by atoms with Crippen molar-refractivity contribution in [1.82, 2.24) is 0 Å². The van der Waals surface area contributed by atoms with Gasteiger partial charge in [0.25, 0.3) is 0 Å². The van der Waals surface area contributed by atoms with Crippen molar-refractivity contribution in [3.05, 3.63) is 12.2 Å². The van der Waals surface area contributed by atoms with Crippen molar-refractivity contribution >= 4 is 11.9 Å². The van der Waals surface area contributed by atoms with Crippen molar-refractivity contribution in [2.45, 2.75) is 39.2 Å². The number of rotatable bonds is 3. The summed E-state index contributed by atoms with van der Waals surface area (Å²) in [4.78, 5) is 24.1. The first-order valence-electron chi connectivity index (χ1n) is 6.18. The fraction of sp³-hybridized carbons (Fsp3) is 0.692. The van der Waals surface area contributed by atoms with Crippen LogP contribution in [0.1, 0.15) is 33.1 Å². The molecule has 0 spiro atoms. The Hall–Kier alpha value is -1.32. The number of allylic oxidation sites excluding steroid dienone is 1. The maximum atomic E-state index is 12.1. The number of hydrogen-bond donors (Lipinski definition) is 0. The van der Waals surface area contributed by atoms with Crippen molar-refractivity contribution in [2.24, 2.45) is 11.3 Å². The van der Waals surface area contributed by atoms with Crippen LogP contribution >= 0.6 is 0 Å². The van der Waals surface area contributed by atoms with E-state index < -0.39 is 17.4 Å². The number of carbonyl (C=O) groups is 2. The molecule has 0 N–H and O–H groups in total. The Bertz CT molecular complexity index is 360. The van der Waals surface area contributed by atoms with Crippen LogP contribution < -0.4 is 0 Å². The Morgan fingerprint density at radius 3 is 3.06 bits per heavy atom. The highest BCUT2D eigenvalue weighted by atomic mass is 16.6. The number of fused-ring (bicyclic) bond motifs is 1. The normalized spacial score (nSPS) is 36.0. The molecular weight excluding hydrogens is 220 g/mol. The molecule has 2 rings (SSSR count). The summed E-state index contributed by atoms with van der Waals surface area (Å²) < 4.78 is 10.4. The monoisotopic (exact) mass is 238 g/mol. The molecule has 1 unspecified atom stereocenters. The number of esters is 2. The van der Waals surface area contributed by atoms with Crippen molar-refractivity contribution in [3.63, 3.8) is 0 Å². The van der Waals surface area contributed by atoms with Crippen LogP contribution in [0.25, 0.3) is 0 Å². The molecule has 94 valence electrons. The molecule has 0 radical (unpaired) electrons. The maximum Gasteiger partial charge on any atom is 0.324 e. The first-order chi connectivity index (χ1) is 8.16. The van der Waals surface area contributed by atoms with Crippen molar-refractivity contribution in [3.8, 4) is 0 Å². The number of ether oxygens (including phenoxy) is 2. The van der Waals surface area contributed by atoms with E-state index in [4.69, 9.17) is 9.47 Å². The van der Waals surface area contributed by atoms with Crippen molar-refractivity contribution < 1.29 is 19.1 Å². The van der Waals surface area contributed by atoms with Crippen LogP contribution in [0.4, 0.5) is 0 Å². The van der Waals surface area contributed by atoms with E-state index in [0.29, 0.717) is 13.0 Å². The van der Waals surface area contributed by atoms with Gasteiger partial charge in [0.15, 0.2) is 5.41 Å². The van der Waals surface area contributed by atoms with Crippen molar-refractivity contribution in [1.29, 1.82) is 0 Å². The summed E-state index contributed by atoms with van der Waals surface area (Å²) >= 11 is 0. The Labute approximate surface area is 101 Å². The van der Waals surface area contributed by atoms with Crippen molar-refractivity contribution in [2.75, 3.05) is 6.61 Å². The summed E-state index contributed by atoms with van der Waals surface area (Å²) in [6, 6.07) is 0. The smallest absolute Gasteiger partial charge is 0.324 e. The van der Waals surface area contributed by atoms with E-state index in [2.05, 4.69) is 0 Å². The molecule has 0 aromatic carbocycles. The Morgan fingerprint density at radius 1 is 1.65 bits per heavy atom. The number of carbonyl (C=O) groups excluding carboxylic acids is 2. The Morgan fingerprint density at radius 2 is 2.41 bits per heavy atom. The molecule has 1 aliphatic heterocycles. The minimum absolute atomic E-state index is 0.0507. The summed E-state index contributed by atoms with van der Waals surface area (Å²) in [5.74, 6) is -0.855. The average molecular weight is 238 g/mol. The quantitative estimate of drug-likeness (QED) is 0.427. The molecule has 3 atom stereocenters. The lowest BCUT2D eigenvalue weighted by molar-refractivity contribution is -0.165. The molecule has 1 aliphatic carbocycles. The fourth-order valence-corrected chi connectivity index (χ4v) is 3.00. The standard InChI is InChI=1S/C13H18O4/c1-3-6-10-9-7-5-8-13(9,12(15)17-10)11(14)16-4-2/h3,6,9-10H,4-5,7-8H2,1-2H3/b6-3+/t9-,10?,13-/m1/s1. The summed E-state index contributed by atoms with van der Waals surface area (Å²) in [7, 11) is 0. The van der Waals surface area contributed by atoms with E-state index in [0.717, 1.165) is 12.8 Å². The van der Waals surface area contributed by atoms with E-state index in [1.165, 1.54) is 0 Å². The molecule has 1 saturated heterocycles. The van der Waals surface area contributed by atoms with Crippen LogP contribution in [0.3, 0.4) is 0 Å². The predicted molar refractivity (Wildman–Crippen MR) is 61.1 cm³/mol. The molecule has 4 heteroatoms. The van der Waals surface area contributed by atoms with Crippen LogP contribution in [-0.2, 0) is 19.1 Å². The van der Waals surface area contributed by atoms with E-state index in [-0.39, 0.29) is 12.0 Å². The van der Waals surface area contributed by atoms with Gasteiger partial charge in [0.05, 0.1) is 6.61 Å². The van der Waals surface area contributed by atoms with Gasteiger partial charge in [-0.25, -0.2) is 0 Å². The molecule has 0 bridgehead atoms. The average Bonchev–Trinajstić information content (AvgIpc) is 2.82. The summed E-state index contributed by atoms with van der Waals surface area (Å²) in [5.41, 5.74) is -1.03. The highest BCUT2D eigenvalue weighted by Crippen LogP contribution is 2.52. The van der Waals surface area contributed by atoms with Gasteiger partial charge >= 0.3 is 11.9 Å². The lowest BCUT2D eigenvalue weighted by Crippen LogP contribution is -2.40. The van der Waals surface area contributed by atoms with E-state index >= 15 is 0 Å². The molecule has 2 fully saturated rings. The number of hydrogen-bond acceptors (Lipinski definition) is 4. The first-order valence-corrected chi connectivity index (χ1v) is 6.18. The maximum absolute atomic E-state index is 12.1. The van der Waals surface area contributed by atoms with Crippen LogP contribution in [0.5, 0.6) is 0 Å². The molecule has 1 heterocycles. The van der Waals surface area contributed by atoms with Gasteiger partial charge in [-0.15, -0.1) is 0 Å². The van der Waals surface area contributed by atoms with Gasteiger partial charge in [-0.05, 0) is 32.8 Å². The number of cyclic esters (lactones) is 1. The van der Waals surface area contributed by atoms with E-state index in [1.54, 1.807) is 6.92 Å². The summed E-state index contributed by atoms with van der Waals surface area (Å²) in [6.45, 7) is 3.93. The van der Waals surface area contributed by atoms with Gasteiger partial charge in [-0.1, -0.05) is 12.5 Å². The minimum atomic E-state index is -1.03. The molecule has 4 nitrogen and oxygen atoms in total. The van der Waals surface area contributed by atoms with Gasteiger partial charge < -0.3 is 9.47 Å². The molecule has 2 aliphatic rings. The lowest BCUT2D eigenvalue weighted by atomic mass is 9.77. The summed E-state index contributed by atoms with van der Waals surface area (Å²) in [5, 5.41) is 0. The highest BCUT2D eigenvalue weighted by Gasteiger charge is 2.64. The van der Waals surface area contributed by atoms with E-state index in [1.807, 2.05) is 19.1 Å². The van der Waals surface area contributed by atoms with Gasteiger partial charge in [0, 0.05) is 5.92 Å². The Balaban J connectivity index is 2.30. The van der Waals surface area contributed by atoms with Crippen LogP contribution in [-0.4, -0.2) is 24.6 Å². The Kier molecular flexibility index (Phi) is 3.22. The van der Waals surface area contributed by atoms with Crippen LogP contribution in [0.2, 0.25) is 0 Å². The molecule has 0 aromatic heterocycles. The second-order valence-electron chi connectivity index (χ2n) is 4.59. The van der Waals surface area contributed by atoms with Crippen LogP contribution in [0.15, 0.2) is 12.2 Å². The SMILES string of the molecule is C/C=C/C1OC(=O)[C@]2(C(=O)OCC)CCC[C@H]12. The zero-order chi connectivity index (χ0) is 12.5. The molecule has 0 aromatic rings. The third-order valence-corrected chi connectivity index (χ3v) is 3.74. The first kappa shape index (κ1) is 12.1. The lowest BCUT2D eigenvalue weighted by Gasteiger charge is -2.22. The minimum Gasteiger partial charge on any atom is -0.465 e. The fourth-order valence-electron chi connectivity index (χ4n) is 3.00. The third-order valence-electron chi connectivity index (χ3n) is 3.74. The second-order valence-corrected chi connectivity index (χ2v) is 4.59. The predicted octanol–water partition coefficient (Wildman–Crippen LogP) is 1.84. The molecule has 0 amide bonds. The van der Waals surface area contributed by atoms with Gasteiger partial charge in [0.2, 0.25) is 0 Å². The summed E-state index contributed by atoms with van der Waals surface area (Å²) in [6.07, 6.45) is 5.74. The second kappa shape index (κ2) is 4.51. The third kappa shape index (κ3) is 1.66. The largest absolute Gasteiger partial charge is 0.465 e. The zero-order valence-electron chi connectivity index (χ0n) is 10.3. The topological polar surface area (TPSA) is 52.6 Å². The van der Waals surface area contributed by atoms with E-state index in [9.17, 15) is 9.59 Å². The van der Waals surface area contributed by atoms with Crippen LogP contribution in [0, 0.1) is 11.3 Å². The van der Waals surface area contributed by atoms with Gasteiger partial charge in [-0.3, -0.25) is 9.59 Å². The van der Waals surface area contributed by atoms with Gasteiger partial charge in [0.1, 0.15) is 6.10 Å².